The molecule has 0 bridgehead atoms. The summed E-state index contributed by atoms with van der Waals surface area (Å²) in [5.74, 6) is 0.979. The summed E-state index contributed by atoms with van der Waals surface area (Å²) in [6, 6.07) is 13.5. The van der Waals surface area contributed by atoms with Gasteiger partial charge in [0.1, 0.15) is 12.4 Å². The van der Waals surface area contributed by atoms with Crippen LogP contribution in [0.25, 0.3) is 11.1 Å². The molecular weight excluding hydrogens is 262 g/mol. The van der Waals surface area contributed by atoms with Crippen molar-refractivity contribution in [1.82, 2.24) is 0 Å². The molecule has 0 spiro atoms. The molecule has 0 aromatic heterocycles. The van der Waals surface area contributed by atoms with Crippen LogP contribution >= 0.6 is 0 Å². The Kier molecular flexibility index (Phi) is 3.20. The molecule has 2 aromatic rings. The van der Waals surface area contributed by atoms with Crippen molar-refractivity contribution in [2.75, 3.05) is 6.61 Å². The minimum absolute atomic E-state index is 0.174. The highest BCUT2D eigenvalue weighted by atomic mass is 16.5. The quantitative estimate of drug-likeness (QED) is 0.906. The van der Waals surface area contributed by atoms with E-state index < -0.39 is 0 Å². The van der Waals surface area contributed by atoms with Gasteiger partial charge in [0, 0.05) is 5.56 Å². The monoisotopic (exact) mass is 281 g/mol. The first-order valence-corrected chi connectivity index (χ1v) is 7.08. The van der Waals surface area contributed by atoms with E-state index in [1.54, 1.807) is 12.1 Å². The van der Waals surface area contributed by atoms with Crippen LogP contribution in [0.1, 0.15) is 25.0 Å². The number of nitrogens with zero attached hydrogens (tertiary/aromatic N) is 1. The van der Waals surface area contributed by atoms with E-state index in [2.05, 4.69) is 24.9 Å². The maximum absolute atomic E-state index is 9.59. The molecule has 1 aliphatic rings. The fourth-order valence-corrected chi connectivity index (χ4v) is 2.58. The summed E-state index contributed by atoms with van der Waals surface area (Å²) < 4.78 is 5.78. The molecule has 21 heavy (non-hydrogen) atoms. The highest BCUT2D eigenvalue weighted by Crippen LogP contribution is 2.31. The Morgan fingerprint density at radius 2 is 1.76 bits per heavy atom. The highest BCUT2D eigenvalue weighted by molar-refractivity contribution is 6.02. The summed E-state index contributed by atoms with van der Waals surface area (Å²) in [6.07, 6.45) is 0. The fourth-order valence-electron chi connectivity index (χ4n) is 2.58. The van der Waals surface area contributed by atoms with E-state index in [1.165, 1.54) is 0 Å². The normalized spacial score (nSPS) is 16.4. The van der Waals surface area contributed by atoms with Crippen molar-refractivity contribution in [3.8, 4) is 16.9 Å². The first kappa shape index (κ1) is 13.7. The molecule has 3 heteroatoms. The molecular formula is C18H19NO2. The van der Waals surface area contributed by atoms with Gasteiger partial charge in [-0.25, -0.2) is 4.99 Å². The average Bonchev–Trinajstić information content (AvgIpc) is 2.79. The number of ether oxygens (including phenoxy) is 1. The van der Waals surface area contributed by atoms with Crippen LogP contribution in [0.5, 0.6) is 5.75 Å². The van der Waals surface area contributed by atoms with Gasteiger partial charge in [-0.1, -0.05) is 24.3 Å². The lowest BCUT2D eigenvalue weighted by Gasteiger charge is -2.12. The van der Waals surface area contributed by atoms with Gasteiger partial charge in [0.15, 0.2) is 0 Å². The van der Waals surface area contributed by atoms with E-state index >= 15 is 0 Å². The number of benzene rings is 2. The number of aromatic hydroxyl groups is 1. The Morgan fingerprint density at radius 1 is 1.05 bits per heavy atom. The molecule has 0 unspecified atom stereocenters. The van der Waals surface area contributed by atoms with Gasteiger partial charge in [0.2, 0.25) is 5.90 Å². The summed E-state index contributed by atoms with van der Waals surface area (Å²) in [6.45, 7) is 6.72. The minimum Gasteiger partial charge on any atom is -0.508 e. The second-order valence-corrected chi connectivity index (χ2v) is 6.06. The largest absolute Gasteiger partial charge is 0.508 e. The van der Waals surface area contributed by atoms with Crippen molar-refractivity contribution in [3.63, 3.8) is 0 Å². The predicted molar refractivity (Wildman–Crippen MR) is 84.8 cm³/mol. The van der Waals surface area contributed by atoms with Crippen molar-refractivity contribution in [2.45, 2.75) is 26.3 Å². The zero-order valence-electron chi connectivity index (χ0n) is 12.6. The van der Waals surface area contributed by atoms with Crippen molar-refractivity contribution in [3.05, 3.63) is 53.6 Å². The molecule has 0 saturated heterocycles. The molecule has 3 rings (SSSR count). The van der Waals surface area contributed by atoms with Gasteiger partial charge >= 0.3 is 0 Å². The molecule has 1 N–H and O–H groups in total. The Morgan fingerprint density at radius 3 is 2.38 bits per heavy atom. The fraction of sp³-hybridized carbons (Fsp3) is 0.278. The third-order valence-electron chi connectivity index (χ3n) is 3.62. The van der Waals surface area contributed by atoms with E-state index in [0.717, 1.165) is 22.3 Å². The Balaban J connectivity index is 2.13. The molecule has 1 aliphatic heterocycles. The standard InChI is InChI=1S/C18H19NO2/c1-12-10-13(20)8-9-14(12)15-6-4-5-7-16(15)17-19-18(2,3)11-21-17/h4-10,20H,11H2,1-3H3. The number of phenolic OH excluding ortho intramolecular Hbond substituents is 1. The summed E-state index contributed by atoms with van der Waals surface area (Å²) in [5, 5.41) is 9.59. The van der Waals surface area contributed by atoms with Crippen LogP contribution < -0.4 is 0 Å². The van der Waals surface area contributed by atoms with Crippen LogP contribution in [-0.2, 0) is 4.74 Å². The van der Waals surface area contributed by atoms with Crippen LogP contribution in [0, 0.1) is 6.92 Å². The van der Waals surface area contributed by atoms with E-state index in [-0.39, 0.29) is 11.3 Å². The van der Waals surface area contributed by atoms with E-state index in [4.69, 9.17) is 4.74 Å². The van der Waals surface area contributed by atoms with E-state index in [1.807, 2.05) is 31.2 Å². The van der Waals surface area contributed by atoms with Crippen molar-refractivity contribution in [1.29, 1.82) is 0 Å². The van der Waals surface area contributed by atoms with Gasteiger partial charge in [-0.3, -0.25) is 0 Å². The van der Waals surface area contributed by atoms with E-state index in [0.29, 0.717) is 12.5 Å². The van der Waals surface area contributed by atoms with Gasteiger partial charge in [-0.05, 0) is 55.7 Å². The number of hydrogen-bond acceptors (Lipinski definition) is 3. The van der Waals surface area contributed by atoms with Crippen LogP contribution in [0.3, 0.4) is 0 Å². The topological polar surface area (TPSA) is 41.8 Å². The third-order valence-corrected chi connectivity index (χ3v) is 3.62. The molecule has 0 aliphatic carbocycles. The lowest BCUT2D eigenvalue weighted by Crippen LogP contribution is -2.17. The molecule has 0 fully saturated rings. The Hall–Kier alpha value is -2.29. The molecule has 1 heterocycles. The number of phenols is 1. The minimum atomic E-state index is -0.174. The van der Waals surface area contributed by atoms with Crippen LogP contribution in [0.4, 0.5) is 0 Å². The number of hydrogen-bond donors (Lipinski definition) is 1. The smallest absolute Gasteiger partial charge is 0.217 e. The number of aryl methyl sites for hydroxylation is 1. The second kappa shape index (κ2) is 4.92. The third kappa shape index (κ3) is 2.64. The number of aliphatic imine (C=N–C) groups is 1. The Labute approximate surface area is 124 Å². The second-order valence-electron chi connectivity index (χ2n) is 6.06. The summed E-state index contributed by atoms with van der Waals surface area (Å²) >= 11 is 0. The first-order valence-electron chi connectivity index (χ1n) is 7.08. The summed E-state index contributed by atoms with van der Waals surface area (Å²) in [7, 11) is 0. The van der Waals surface area contributed by atoms with Gasteiger partial charge in [0.25, 0.3) is 0 Å². The zero-order chi connectivity index (χ0) is 15.0. The average molecular weight is 281 g/mol. The van der Waals surface area contributed by atoms with Gasteiger partial charge in [0.05, 0.1) is 5.54 Å². The predicted octanol–water partition coefficient (Wildman–Crippen LogP) is 3.92. The highest BCUT2D eigenvalue weighted by Gasteiger charge is 2.28. The van der Waals surface area contributed by atoms with Crippen molar-refractivity contribution in [2.24, 2.45) is 4.99 Å². The lowest BCUT2D eigenvalue weighted by molar-refractivity contribution is 0.279. The molecule has 0 amide bonds. The first-order chi connectivity index (χ1) is 9.96. The molecule has 3 nitrogen and oxygen atoms in total. The van der Waals surface area contributed by atoms with Crippen LogP contribution in [0.2, 0.25) is 0 Å². The maximum Gasteiger partial charge on any atom is 0.217 e. The van der Waals surface area contributed by atoms with Crippen molar-refractivity contribution >= 4 is 5.90 Å². The van der Waals surface area contributed by atoms with Gasteiger partial charge in [-0.15, -0.1) is 0 Å². The summed E-state index contributed by atoms with van der Waals surface area (Å²) in [5.41, 5.74) is 4.01. The van der Waals surface area contributed by atoms with Gasteiger partial charge < -0.3 is 9.84 Å². The van der Waals surface area contributed by atoms with Crippen LogP contribution in [-0.4, -0.2) is 23.2 Å². The maximum atomic E-state index is 9.59. The van der Waals surface area contributed by atoms with Crippen molar-refractivity contribution < 1.29 is 9.84 Å². The molecule has 0 saturated carbocycles. The van der Waals surface area contributed by atoms with E-state index in [9.17, 15) is 5.11 Å². The Bertz CT molecular complexity index is 717. The lowest BCUT2D eigenvalue weighted by atomic mass is 9.95. The number of rotatable bonds is 2. The van der Waals surface area contributed by atoms with Gasteiger partial charge in [-0.2, -0.15) is 0 Å². The molecule has 0 atom stereocenters. The summed E-state index contributed by atoms with van der Waals surface area (Å²) in [4.78, 5) is 4.67. The SMILES string of the molecule is Cc1cc(O)ccc1-c1ccccc1C1=NC(C)(C)CO1. The molecule has 108 valence electrons. The molecule has 2 aromatic carbocycles. The zero-order valence-corrected chi connectivity index (χ0v) is 12.6. The van der Waals surface area contributed by atoms with Crippen LogP contribution in [0.15, 0.2) is 47.5 Å². The molecule has 0 radical (unpaired) electrons.